The zero-order chi connectivity index (χ0) is 22.5. The Hall–Kier alpha value is -2.24. The molecule has 1 saturated heterocycles. The highest BCUT2D eigenvalue weighted by Gasteiger charge is 2.22. The van der Waals surface area contributed by atoms with E-state index in [2.05, 4.69) is 4.90 Å². The van der Waals surface area contributed by atoms with Gasteiger partial charge in [-0.2, -0.15) is 0 Å². The van der Waals surface area contributed by atoms with Crippen molar-refractivity contribution in [1.82, 2.24) is 9.80 Å². The lowest BCUT2D eigenvalue weighted by Crippen LogP contribution is -2.48. The smallest absolute Gasteiger partial charge is 0.253 e. The van der Waals surface area contributed by atoms with Crippen LogP contribution in [-0.4, -0.2) is 41.9 Å². The predicted molar refractivity (Wildman–Crippen MR) is 130 cm³/mol. The van der Waals surface area contributed by atoms with Crippen LogP contribution in [0.1, 0.15) is 21.5 Å². The fraction of sp³-hybridized carbons (Fsp3) is 0.240. The molecule has 1 amide bonds. The molecule has 0 saturated carbocycles. The molecular weight excluding hydrogens is 467 g/mol. The summed E-state index contributed by atoms with van der Waals surface area (Å²) in [6, 6.07) is 20.7. The van der Waals surface area contributed by atoms with Crippen LogP contribution in [0.5, 0.6) is 5.75 Å². The van der Waals surface area contributed by atoms with Crippen molar-refractivity contribution in [2.45, 2.75) is 13.2 Å². The Morgan fingerprint density at radius 2 is 1.56 bits per heavy atom. The zero-order valence-corrected chi connectivity index (χ0v) is 19.7. The summed E-state index contributed by atoms with van der Waals surface area (Å²) < 4.78 is 5.81. The monoisotopic (exact) mass is 488 g/mol. The van der Waals surface area contributed by atoms with E-state index in [4.69, 9.17) is 39.5 Å². The Kier molecular flexibility index (Phi) is 7.59. The highest BCUT2D eigenvalue weighted by Crippen LogP contribution is 2.32. The van der Waals surface area contributed by atoms with E-state index in [9.17, 15) is 4.79 Å². The second-order valence-corrected chi connectivity index (χ2v) is 8.89. The largest absolute Gasteiger partial charge is 0.487 e. The van der Waals surface area contributed by atoms with Gasteiger partial charge in [-0.1, -0.05) is 71.2 Å². The van der Waals surface area contributed by atoms with Gasteiger partial charge in [-0.3, -0.25) is 9.69 Å². The van der Waals surface area contributed by atoms with Gasteiger partial charge < -0.3 is 9.64 Å². The number of halogens is 3. The second kappa shape index (κ2) is 10.6. The summed E-state index contributed by atoms with van der Waals surface area (Å²) in [5.74, 6) is 0.551. The Morgan fingerprint density at radius 1 is 0.844 bits per heavy atom. The van der Waals surface area contributed by atoms with Crippen LogP contribution in [0.3, 0.4) is 0 Å². The summed E-state index contributed by atoms with van der Waals surface area (Å²) >= 11 is 18.5. The van der Waals surface area contributed by atoms with Gasteiger partial charge >= 0.3 is 0 Å². The summed E-state index contributed by atoms with van der Waals surface area (Å²) in [6.07, 6.45) is 0. The first-order valence-corrected chi connectivity index (χ1v) is 11.6. The summed E-state index contributed by atoms with van der Waals surface area (Å²) in [5, 5.41) is 1.61. The number of carbonyl (C=O) groups excluding carboxylic acids is 1. The van der Waals surface area contributed by atoms with Crippen molar-refractivity contribution >= 4 is 40.7 Å². The van der Waals surface area contributed by atoms with Crippen LogP contribution >= 0.6 is 34.8 Å². The van der Waals surface area contributed by atoms with Crippen molar-refractivity contribution < 1.29 is 9.53 Å². The van der Waals surface area contributed by atoms with E-state index >= 15 is 0 Å². The number of hydrogen-bond acceptors (Lipinski definition) is 3. The maximum absolute atomic E-state index is 13.1. The van der Waals surface area contributed by atoms with Crippen LogP contribution in [-0.2, 0) is 13.2 Å². The summed E-state index contributed by atoms with van der Waals surface area (Å²) in [5.41, 5.74) is 2.66. The van der Waals surface area contributed by atoms with Gasteiger partial charge in [0, 0.05) is 43.3 Å². The molecule has 0 aromatic heterocycles. The molecular formula is C25H23Cl3N2O2. The molecule has 0 atom stereocenters. The van der Waals surface area contributed by atoms with Crippen LogP contribution < -0.4 is 4.74 Å². The number of ether oxygens (including phenoxy) is 1. The van der Waals surface area contributed by atoms with Crippen molar-refractivity contribution in [3.8, 4) is 5.75 Å². The molecule has 3 aromatic carbocycles. The fourth-order valence-electron chi connectivity index (χ4n) is 3.71. The molecule has 1 aliphatic heterocycles. The number of hydrogen-bond donors (Lipinski definition) is 0. The van der Waals surface area contributed by atoms with Gasteiger partial charge in [0.05, 0.1) is 5.02 Å². The zero-order valence-electron chi connectivity index (χ0n) is 17.4. The van der Waals surface area contributed by atoms with Crippen molar-refractivity contribution in [3.05, 3.63) is 98.5 Å². The quantitative estimate of drug-likeness (QED) is 0.414. The lowest BCUT2D eigenvalue weighted by molar-refractivity contribution is 0.0628. The molecule has 0 radical (unpaired) electrons. The first-order valence-electron chi connectivity index (χ1n) is 10.4. The molecule has 0 spiro atoms. The number of nitrogens with zero attached hydrogens (tertiary/aromatic N) is 2. The van der Waals surface area contributed by atoms with Gasteiger partial charge in [0.15, 0.2) is 0 Å². The van der Waals surface area contributed by atoms with Crippen LogP contribution in [0, 0.1) is 0 Å². The van der Waals surface area contributed by atoms with Gasteiger partial charge in [0.25, 0.3) is 5.91 Å². The molecule has 0 bridgehead atoms. The minimum atomic E-state index is 0.0324. The predicted octanol–water partition coefficient (Wildman–Crippen LogP) is 6.18. The Balaban J connectivity index is 1.34. The lowest BCUT2D eigenvalue weighted by atomic mass is 10.1. The third-order valence-electron chi connectivity index (χ3n) is 5.50. The van der Waals surface area contributed by atoms with E-state index in [0.717, 1.165) is 35.8 Å². The van der Waals surface area contributed by atoms with Crippen molar-refractivity contribution in [2.24, 2.45) is 0 Å². The number of amides is 1. The third-order valence-corrected chi connectivity index (χ3v) is 6.67. The number of rotatable bonds is 6. The van der Waals surface area contributed by atoms with Gasteiger partial charge in [-0.05, 0) is 41.5 Å². The Bertz CT molecular complexity index is 1100. The molecule has 0 N–H and O–H groups in total. The van der Waals surface area contributed by atoms with E-state index in [0.29, 0.717) is 41.1 Å². The molecule has 7 heteroatoms. The average Bonchev–Trinajstić information content (AvgIpc) is 2.82. The number of carbonyl (C=O) groups is 1. The molecule has 1 heterocycles. The van der Waals surface area contributed by atoms with E-state index in [1.807, 2.05) is 53.4 Å². The van der Waals surface area contributed by atoms with Gasteiger partial charge in [0.1, 0.15) is 17.4 Å². The van der Waals surface area contributed by atoms with Crippen LogP contribution in [0.2, 0.25) is 15.1 Å². The molecule has 166 valence electrons. The maximum Gasteiger partial charge on any atom is 0.253 e. The molecule has 1 fully saturated rings. The van der Waals surface area contributed by atoms with Crippen LogP contribution in [0.15, 0.2) is 66.7 Å². The topological polar surface area (TPSA) is 32.8 Å². The van der Waals surface area contributed by atoms with E-state index in [-0.39, 0.29) is 5.91 Å². The minimum Gasteiger partial charge on any atom is -0.487 e. The summed E-state index contributed by atoms with van der Waals surface area (Å²) in [4.78, 5) is 17.3. The molecule has 4 rings (SSSR count). The van der Waals surface area contributed by atoms with E-state index in [1.165, 1.54) is 0 Å². The maximum atomic E-state index is 13.1. The fourth-order valence-corrected chi connectivity index (χ4v) is 4.25. The summed E-state index contributed by atoms with van der Waals surface area (Å²) in [7, 11) is 0. The van der Waals surface area contributed by atoms with Gasteiger partial charge in [-0.15, -0.1) is 0 Å². The van der Waals surface area contributed by atoms with Crippen molar-refractivity contribution in [3.63, 3.8) is 0 Å². The molecule has 0 aliphatic carbocycles. The SMILES string of the molecule is O=C(c1cccc(COc2cccc(Cl)c2Cl)c1)N1CCN(Cc2ccccc2Cl)CC1. The van der Waals surface area contributed by atoms with Gasteiger partial charge in [0.2, 0.25) is 0 Å². The van der Waals surface area contributed by atoms with E-state index < -0.39 is 0 Å². The normalized spacial score (nSPS) is 14.4. The second-order valence-electron chi connectivity index (χ2n) is 7.70. The Morgan fingerprint density at radius 3 is 2.34 bits per heavy atom. The molecule has 32 heavy (non-hydrogen) atoms. The molecule has 3 aromatic rings. The molecule has 1 aliphatic rings. The number of piperazine rings is 1. The third kappa shape index (κ3) is 5.57. The average molecular weight is 490 g/mol. The van der Waals surface area contributed by atoms with Gasteiger partial charge in [-0.25, -0.2) is 0 Å². The standard InChI is InChI=1S/C25H23Cl3N2O2/c26-21-8-2-1-6-20(21)16-29-11-13-30(14-12-29)25(31)19-7-3-5-18(15-19)17-32-23-10-4-9-22(27)24(23)28/h1-10,15H,11-14,16-17H2. The Labute approximate surface area is 203 Å². The number of benzene rings is 3. The van der Waals surface area contributed by atoms with E-state index in [1.54, 1.807) is 18.2 Å². The highest BCUT2D eigenvalue weighted by molar-refractivity contribution is 6.42. The molecule has 4 nitrogen and oxygen atoms in total. The lowest BCUT2D eigenvalue weighted by Gasteiger charge is -2.35. The molecule has 0 unspecified atom stereocenters. The first-order chi connectivity index (χ1) is 15.5. The van der Waals surface area contributed by atoms with Crippen molar-refractivity contribution in [2.75, 3.05) is 26.2 Å². The van der Waals surface area contributed by atoms with Crippen LogP contribution in [0.25, 0.3) is 0 Å². The summed E-state index contributed by atoms with van der Waals surface area (Å²) in [6.45, 7) is 4.08. The first kappa shape index (κ1) is 22.9. The highest BCUT2D eigenvalue weighted by atomic mass is 35.5. The van der Waals surface area contributed by atoms with Crippen LogP contribution in [0.4, 0.5) is 0 Å². The van der Waals surface area contributed by atoms with Crippen molar-refractivity contribution in [1.29, 1.82) is 0 Å². The minimum absolute atomic E-state index is 0.0324.